The van der Waals surface area contributed by atoms with E-state index in [1.807, 2.05) is 36.4 Å². The number of ether oxygens (including phenoxy) is 1. The minimum atomic E-state index is -0.361. The lowest BCUT2D eigenvalue weighted by atomic mass is 10.1. The van der Waals surface area contributed by atoms with Gasteiger partial charge in [-0.25, -0.2) is 4.79 Å². The molecular weight excluding hydrogens is 356 g/mol. The fourth-order valence-electron chi connectivity index (χ4n) is 3.23. The van der Waals surface area contributed by atoms with Crippen LogP contribution in [0.5, 0.6) is 0 Å². The molecule has 6 nitrogen and oxygen atoms in total. The number of rotatable bonds is 7. The number of benzene rings is 2. The smallest absolute Gasteiger partial charge is 0.337 e. The van der Waals surface area contributed by atoms with Gasteiger partial charge in [0.15, 0.2) is 0 Å². The quantitative estimate of drug-likeness (QED) is 0.749. The highest BCUT2D eigenvalue weighted by atomic mass is 16.5. The van der Waals surface area contributed by atoms with E-state index in [-0.39, 0.29) is 17.8 Å². The molecule has 6 heteroatoms. The van der Waals surface area contributed by atoms with Crippen LogP contribution in [0.2, 0.25) is 0 Å². The summed E-state index contributed by atoms with van der Waals surface area (Å²) in [5.41, 5.74) is 3.35. The first kappa shape index (κ1) is 19.6. The monoisotopic (exact) mass is 380 g/mol. The van der Waals surface area contributed by atoms with Gasteiger partial charge in [0.2, 0.25) is 11.8 Å². The molecule has 0 aromatic heterocycles. The third kappa shape index (κ3) is 4.97. The molecule has 1 heterocycles. The van der Waals surface area contributed by atoms with Crippen LogP contribution in [0, 0.1) is 0 Å². The summed E-state index contributed by atoms with van der Waals surface area (Å²) in [6.45, 7) is 1.29. The Bertz CT molecular complexity index is 844. The second-order valence-electron chi connectivity index (χ2n) is 6.78. The van der Waals surface area contributed by atoms with Gasteiger partial charge in [0, 0.05) is 25.2 Å². The Kier molecular flexibility index (Phi) is 6.42. The average Bonchev–Trinajstić information content (AvgIpc) is 3.14. The van der Waals surface area contributed by atoms with Crippen LogP contribution in [-0.2, 0) is 27.2 Å². The summed E-state index contributed by atoms with van der Waals surface area (Å²) in [6.07, 6.45) is 2.49. The van der Waals surface area contributed by atoms with Crippen LogP contribution >= 0.6 is 0 Å². The first-order valence-electron chi connectivity index (χ1n) is 9.40. The van der Waals surface area contributed by atoms with E-state index in [4.69, 9.17) is 0 Å². The molecule has 1 N–H and O–H groups in total. The SMILES string of the molecule is COC(=O)c1ccc(CCNC(=O)Cc2ccc(N3CCCC3=O)cc2)cc1. The number of nitrogens with zero attached hydrogens (tertiary/aromatic N) is 1. The van der Waals surface area contributed by atoms with Crippen LogP contribution < -0.4 is 10.2 Å². The van der Waals surface area contributed by atoms with Gasteiger partial charge in [-0.15, -0.1) is 0 Å². The predicted molar refractivity (Wildman–Crippen MR) is 106 cm³/mol. The highest BCUT2D eigenvalue weighted by Gasteiger charge is 2.21. The molecule has 0 atom stereocenters. The van der Waals surface area contributed by atoms with Crippen molar-refractivity contribution in [2.75, 3.05) is 25.1 Å². The number of esters is 1. The van der Waals surface area contributed by atoms with Crippen molar-refractivity contribution >= 4 is 23.5 Å². The lowest BCUT2D eigenvalue weighted by Crippen LogP contribution is -2.27. The number of amides is 2. The molecule has 0 saturated carbocycles. The van der Waals surface area contributed by atoms with E-state index in [0.717, 1.165) is 29.8 Å². The first-order valence-corrected chi connectivity index (χ1v) is 9.40. The molecule has 2 aromatic rings. The Morgan fingerprint density at radius 1 is 1.04 bits per heavy atom. The van der Waals surface area contributed by atoms with Crippen LogP contribution in [0.25, 0.3) is 0 Å². The Morgan fingerprint density at radius 2 is 1.71 bits per heavy atom. The summed E-state index contributed by atoms with van der Waals surface area (Å²) in [4.78, 5) is 37.1. The Balaban J connectivity index is 1.44. The van der Waals surface area contributed by atoms with Crippen molar-refractivity contribution in [3.63, 3.8) is 0 Å². The third-order valence-electron chi connectivity index (χ3n) is 4.80. The molecule has 2 amide bonds. The number of nitrogens with one attached hydrogen (secondary N) is 1. The molecule has 0 radical (unpaired) electrons. The van der Waals surface area contributed by atoms with Crippen LogP contribution in [0.15, 0.2) is 48.5 Å². The van der Waals surface area contributed by atoms with Gasteiger partial charge in [-0.3, -0.25) is 9.59 Å². The van der Waals surface area contributed by atoms with E-state index in [9.17, 15) is 14.4 Å². The molecule has 1 aliphatic heterocycles. The van der Waals surface area contributed by atoms with E-state index < -0.39 is 0 Å². The molecular formula is C22H24N2O4. The highest BCUT2D eigenvalue weighted by Crippen LogP contribution is 2.21. The Morgan fingerprint density at radius 3 is 2.32 bits per heavy atom. The lowest BCUT2D eigenvalue weighted by molar-refractivity contribution is -0.120. The molecule has 1 saturated heterocycles. The Hall–Kier alpha value is -3.15. The predicted octanol–water partition coefficient (Wildman–Crippen LogP) is 2.50. The van der Waals surface area contributed by atoms with Crippen molar-refractivity contribution in [1.29, 1.82) is 0 Å². The van der Waals surface area contributed by atoms with E-state index in [1.165, 1.54) is 7.11 Å². The summed E-state index contributed by atoms with van der Waals surface area (Å²) < 4.78 is 4.67. The van der Waals surface area contributed by atoms with Crippen LogP contribution in [0.3, 0.4) is 0 Å². The second kappa shape index (κ2) is 9.17. The van der Waals surface area contributed by atoms with Crippen molar-refractivity contribution in [2.24, 2.45) is 0 Å². The zero-order chi connectivity index (χ0) is 19.9. The van der Waals surface area contributed by atoms with E-state index in [0.29, 0.717) is 31.4 Å². The maximum absolute atomic E-state index is 12.1. The molecule has 1 aliphatic rings. The van der Waals surface area contributed by atoms with Gasteiger partial charge in [0.1, 0.15) is 0 Å². The molecule has 0 spiro atoms. The summed E-state index contributed by atoms with van der Waals surface area (Å²) >= 11 is 0. The second-order valence-corrected chi connectivity index (χ2v) is 6.78. The fraction of sp³-hybridized carbons (Fsp3) is 0.318. The molecule has 1 fully saturated rings. The normalized spacial score (nSPS) is 13.5. The number of hydrogen-bond acceptors (Lipinski definition) is 4. The summed E-state index contributed by atoms with van der Waals surface area (Å²) in [6, 6.07) is 14.7. The van der Waals surface area contributed by atoms with Crippen molar-refractivity contribution < 1.29 is 19.1 Å². The molecule has 0 bridgehead atoms. The van der Waals surface area contributed by atoms with Crippen LogP contribution in [0.4, 0.5) is 5.69 Å². The van der Waals surface area contributed by atoms with Crippen molar-refractivity contribution in [1.82, 2.24) is 5.32 Å². The number of anilines is 1. The zero-order valence-electron chi connectivity index (χ0n) is 15.9. The molecule has 0 unspecified atom stereocenters. The topological polar surface area (TPSA) is 75.7 Å². The van der Waals surface area contributed by atoms with E-state index >= 15 is 0 Å². The number of carbonyl (C=O) groups excluding carboxylic acids is 3. The number of hydrogen-bond donors (Lipinski definition) is 1. The third-order valence-corrected chi connectivity index (χ3v) is 4.80. The standard InChI is InChI=1S/C22H24N2O4/c1-28-22(27)18-8-4-16(5-9-18)12-13-23-20(25)15-17-6-10-19(11-7-17)24-14-2-3-21(24)26/h4-11H,2-3,12-15H2,1H3,(H,23,25). The fourth-order valence-corrected chi connectivity index (χ4v) is 3.23. The zero-order valence-corrected chi connectivity index (χ0v) is 15.9. The highest BCUT2D eigenvalue weighted by molar-refractivity contribution is 5.95. The first-order chi connectivity index (χ1) is 13.6. The van der Waals surface area contributed by atoms with Gasteiger partial charge >= 0.3 is 5.97 Å². The van der Waals surface area contributed by atoms with Crippen LogP contribution in [0.1, 0.15) is 34.3 Å². The molecule has 28 heavy (non-hydrogen) atoms. The van der Waals surface area contributed by atoms with Crippen molar-refractivity contribution in [3.8, 4) is 0 Å². The molecule has 3 rings (SSSR count). The minimum absolute atomic E-state index is 0.0452. The van der Waals surface area contributed by atoms with Gasteiger partial charge < -0.3 is 15.0 Å². The summed E-state index contributed by atoms with van der Waals surface area (Å²) in [7, 11) is 1.35. The molecule has 0 aliphatic carbocycles. The van der Waals surface area contributed by atoms with Crippen molar-refractivity contribution in [3.05, 3.63) is 65.2 Å². The summed E-state index contributed by atoms with van der Waals surface area (Å²) in [5, 5.41) is 2.91. The molecule has 2 aromatic carbocycles. The van der Waals surface area contributed by atoms with Crippen LogP contribution in [-0.4, -0.2) is 38.0 Å². The van der Waals surface area contributed by atoms with E-state index in [1.54, 1.807) is 17.0 Å². The average molecular weight is 380 g/mol. The van der Waals surface area contributed by atoms with Gasteiger partial charge in [-0.05, 0) is 48.2 Å². The minimum Gasteiger partial charge on any atom is -0.465 e. The largest absolute Gasteiger partial charge is 0.465 e. The van der Waals surface area contributed by atoms with Gasteiger partial charge in [-0.2, -0.15) is 0 Å². The van der Waals surface area contributed by atoms with Gasteiger partial charge in [0.05, 0.1) is 19.1 Å². The molecule has 146 valence electrons. The maximum Gasteiger partial charge on any atom is 0.337 e. The number of methoxy groups -OCH3 is 1. The number of carbonyl (C=O) groups is 3. The van der Waals surface area contributed by atoms with Gasteiger partial charge in [0.25, 0.3) is 0 Å². The lowest BCUT2D eigenvalue weighted by Gasteiger charge is -2.15. The maximum atomic E-state index is 12.1. The Labute approximate surface area is 164 Å². The van der Waals surface area contributed by atoms with E-state index in [2.05, 4.69) is 10.1 Å². The van der Waals surface area contributed by atoms with Gasteiger partial charge in [-0.1, -0.05) is 24.3 Å². The summed E-state index contributed by atoms with van der Waals surface area (Å²) in [5.74, 6) is -0.249. The van der Waals surface area contributed by atoms with Crippen molar-refractivity contribution in [2.45, 2.75) is 25.7 Å².